The molecule has 0 aliphatic carbocycles. The summed E-state index contributed by atoms with van der Waals surface area (Å²) in [6.07, 6.45) is 10.4. The molecule has 4 aromatic rings. The minimum atomic E-state index is -0.933. The lowest BCUT2D eigenvalue weighted by Gasteiger charge is -2.44. The second-order valence-corrected chi connectivity index (χ2v) is 17.3. The van der Waals surface area contributed by atoms with Crippen molar-refractivity contribution in [3.63, 3.8) is 0 Å². The highest BCUT2D eigenvalue weighted by Gasteiger charge is 2.38. The molecule has 3 amide bonds. The largest absolute Gasteiger partial charge is 0.465 e. The average Bonchev–Trinajstić information content (AvgIpc) is 3.84. The van der Waals surface area contributed by atoms with Gasteiger partial charge in [0.2, 0.25) is 0 Å². The van der Waals surface area contributed by atoms with Gasteiger partial charge in [0.05, 0.1) is 6.54 Å². The molecule has 7 heterocycles. The number of thiophene rings is 1. The van der Waals surface area contributed by atoms with E-state index in [1.165, 1.54) is 17.7 Å². The Labute approximate surface area is 372 Å². The van der Waals surface area contributed by atoms with Crippen molar-refractivity contribution in [2.45, 2.75) is 83.5 Å². The quantitative estimate of drug-likeness (QED) is 0.0930. The van der Waals surface area contributed by atoms with Gasteiger partial charge in [0.25, 0.3) is 0 Å². The van der Waals surface area contributed by atoms with Gasteiger partial charge in [-0.3, -0.25) is 24.5 Å². The van der Waals surface area contributed by atoms with Gasteiger partial charge >= 0.3 is 18.3 Å². The summed E-state index contributed by atoms with van der Waals surface area (Å²) in [5.74, 6) is 1.09. The summed E-state index contributed by atoms with van der Waals surface area (Å²) in [6.45, 7) is 14.2. The van der Waals surface area contributed by atoms with Crippen molar-refractivity contribution < 1.29 is 29.0 Å². The van der Waals surface area contributed by atoms with Crippen LogP contribution >= 0.6 is 11.3 Å². The number of ether oxygens (including phenoxy) is 2. The molecule has 0 unspecified atom stereocenters. The van der Waals surface area contributed by atoms with E-state index in [1.54, 1.807) is 28.4 Å². The minimum Gasteiger partial charge on any atom is -0.465 e. The maximum Gasteiger partial charge on any atom is 0.414 e. The van der Waals surface area contributed by atoms with E-state index in [2.05, 4.69) is 23.3 Å². The van der Waals surface area contributed by atoms with Crippen LogP contribution in [-0.2, 0) is 16.0 Å². The molecule has 6 aliphatic rings. The van der Waals surface area contributed by atoms with E-state index in [1.807, 2.05) is 107 Å². The number of allylic oxidation sites excluding steroid dienone is 1. The number of rotatable bonds is 15. The number of nitrogens with zero attached hydrogens (tertiary/aromatic N) is 5. The summed E-state index contributed by atoms with van der Waals surface area (Å²) in [5, 5.41) is 13.1. The van der Waals surface area contributed by atoms with Crippen LogP contribution in [0, 0.1) is 11.8 Å². The molecular weight excluding hydrogens is 799 g/mol. The molecule has 11 nitrogen and oxygen atoms in total. The third-order valence-electron chi connectivity index (χ3n) is 12.3. The van der Waals surface area contributed by atoms with Gasteiger partial charge in [-0.25, -0.2) is 14.4 Å². The van der Waals surface area contributed by atoms with Crippen molar-refractivity contribution in [3.8, 4) is 0 Å². The number of hydrogen-bond donors (Lipinski definition) is 1. The lowest BCUT2D eigenvalue weighted by Crippen LogP contribution is -2.53. The van der Waals surface area contributed by atoms with E-state index in [9.17, 15) is 14.4 Å². The zero-order valence-electron chi connectivity index (χ0n) is 36.3. The Balaban J connectivity index is 0.000000158. The number of fused-ring (bicyclic) bond motifs is 6. The van der Waals surface area contributed by atoms with E-state index in [0.29, 0.717) is 30.6 Å². The maximum atomic E-state index is 12.8. The number of amides is 3. The third kappa shape index (κ3) is 13.7. The Hall–Kier alpha value is -5.17. The van der Waals surface area contributed by atoms with Crippen LogP contribution < -0.4 is 14.7 Å². The molecule has 62 heavy (non-hydrogen) atoms. The van der Waals surface area contributed by atoms with Gasteiger partial charge in [-0.15, -0.1) is 6.58 Å². The van der Waals surface area contributed by atoms with Crippen molar-refractivity contribution >= 4 is 46.7 Å². The van der Waals surface area contributed by atoms with E-state index in [4.69, 9.17) is 14.6 Å². The fourth-order valence-corrected chi connectivity index (χ4v) is 9.36. The van der Waals surface area contributed by atoms with Crippen LogP contribution in [0.5, 0.6) is 0 Å². The second-order valence-electron chi connectivity index (χ2n) is 16.6. The van der Waals surface area contributed by atoms with Crippen LogP contribution in [0.15, 0.2) is 120 Å². The highest BCUT2D eigenvalue weighted by atomic mass is 32.1. The van der Waals surface area contributed by atoms with E-state index >= 15 is 0 Å². The molecule has 12 heteroatoms. The van der Waals surface area contributed by atoms with E-state index < -0.39 is 6.09 Å². The van der Waals surface area contributed by atoms with Gasteiger partial charge in [-0.05, 0) is 142 Å². The molecule has 3 aromatic carbocycles. The van der Waals surface area contributed by atoms with Crippen molar-refractivity contribution in [1.29, 1.82) is 0 Å². The first-order chi connectivity index (χ1) is 30.3. The smallest absolute Gasteiger partial charge is 0.414 e. The van der Waals surface area contributed by atoms with Gasteiger partial charge in [-0.1, -0.05) is 80.4 Å². The molecule has 6 aliphatic heterocycles. The summed E-state index contributed by atoms with van der Waals surface area (Å²) in [6, 6.07) is 30.8. The number of carbonyl (C=O) groups excluding carboxylic acids is 2. The van der Waals surface area contributed by atoms with Crippen molar-refractivity contribution in [3.05, 3.63) is 126 Å². The Morgan fingerprint density at radius 3 is 1.50 bits per heavy atom. The number of piperidine rings is 6. The fraction of sp³-hybridized carbons (Fsp3) is 0.460. The Bertz CT molecular complexity index is 1920. The van der Waals surface area contributed by atoms with Crippen LogP contribution in [0.3, 0.4) is 0 Å². The lowest BCUT2D eigenvalue weighted by atomic mass is 9.86. The molecule has 6 saturated heterocycles. The fourth-order valence-electron chi connectivity index (χ4n) is 8.70. The molecule has 1 aromatic heterocycles. The minimum absolute atomic E-state index is 0.0515. The maximum absolute atomic E-state index is 12.8. The van der Waals surface area contributed by atoms with Crippen LogP contribution in [-0.4, -0.2) is 97.8 Å². The topological polar surface area (TPSA) is 106 Å². The van der Waals surface area contributed by atoms with Crippen LogP contribution in [0.4, 0.5) is 31.4 Å². The van der Waals surface area contributed by atoms with Crippen molar-refractivity contribution in [1.82, 2.24) is 9.80 Å². The standard InChI is InChI=1S/C19H28N2O2.C19H26N2O2.C12H11NO2S/c2*1-2-3-7-12-21(17-8-5-4-6-9-17)19(22)23-18-15-20-13-10-16(18)11-14-20;14-12(15)13(8-10-6-7-16-9-10)11-4-2-1-3-5-11/h4-6,8-9,16,18H,2-3,7,10-15H2,1H3;2,4-6,8-9,16,18H,1,3,7,10-15H2;1-7,9H,8H2,(H,14,15)/t2*18-;/m00./s1. The zero-order chi connectivity index (χ0) is 43.5. The lowest BCUT2D eigenvalue weighted by molar-refractivity contribution is -0.0312. The molecule has 10 rings (SSSR count). The molecule has 0 spiro atoms. The van der Waals surface area contributed by atoms with Gasteiger partial charge in [0.15, 0.2) is 0 Å². The van der Waals surface area contributed by atoms with Crippen LogP contribution in [0.2, 0.25) is 0 Å². The summed E-state index contributed by atoms with van der Waals surface area (Å²) in [5.41, 5.74) is 3.55. The first kappa shape index (κ1) is 46.3. The van der Waals surface area contributed by atoms with Crippen LogP contribution in [0.25, 0.3) is 0 Å². The van der Waals surface area contributed by atoms with E-state index in [-0.39, 0.29) is 24.4 Å². The van der Waals surface area contributed by atoms with Gasteiger partial charge < -0.3 is 14.6 Å². The first-order valence-electron chi connectivity index (χ1n) is 22.5. The summed E-state index contributed by atoms with van der Waals surface area (Å²) in [7, 11) is 0. The SMILES string of the molecule is C=CCCCN(C(=O)O[C@H]1CN2CCC1CC2)c1ccccc1.CCCCCN(C(=O)O[C@H]1CN2CCC1CC2)c1ccccc1.O=C(O)N(Cc1ccsc1)c1ccccc1. The Kier molecular flexibility index (Phi) is 18.3. The molecule has 2 atom stereocenters. The summed E-state index contributed by atoms with van der Waals surface area (Å²) >= 11 is 1.57. The Morgan fingerprint density at radius 2 is 1.13 bits per heavy atom. The number of carboxylic acid groups (broad SMARTS) is 1. The number of anilines is 3. The number of carbonyl (C=O) groups is 3. The number of para-hydroxylation sites is 3. The molecule has 0 radical (unpaired) electrons. The number of hydrogen-bond acceptors (Lipinski definition) is 8. The normalized spacial score (nSPS) is 21.8. The molecule has 1 N–H and O–H groups in total. The van der Waals surface area contributed by atoms with Crippen molar-refractivity contribution in [2.75, 3.05) is 67.1 Å². The average molecular weight is 864 g/mol. The van der Waals surface area contributed by atoms with Gasteiger partial charge in [0.1, 0.15) is 12.2 Å². The Morgan fingerprint density at radius 1 is 0.677 bits per heavy atom. The van der Waals surface area contributed by atoms with Gasteiger partial charge in [0, 0.05) is 43.2 Å². The van der Waals surface area contributed by atoms with Gasteiger partial charge in [-0.2, -0.15) is 11.3 Å². The van der Waals surface area contributed by atoms with E-state index in [0.717, 1.165) is 108 Å². The zero-order valence-corrected chi connectivity index (χ0v) is 37.2. The highest BCUT2D eigenvalue weighted by molar-refractivity contribution is 7.07. The monoisotopic (exact) mass is 863 g/mol. The highest BCUT2D eigenvalue weighted by Crippen LogP contribution is 2.32. The predicted octanol–water partition coefficient (Wildman–Crippen LogP) is 11.0. The molecule has 0 saturated carbocycles. The number of unbranched alkanes of at least 4 members (excludes halogenated alkanes) is 3. The first-order valence-corrected chi connectivity index (χ1v) is 23.5. The molecule has 4 bridgehead atoms. The third-order valence-corrected chi connectivity index (χ3v) is 13.0. The predicted molar refractivity (Wildman–Crippen MR) is 250 cm³/mol. The van der Waals surface area contributed by atoms with Crippen LogP contribution in [0.1, 0.15) is 70.3 Å². The number of benzene rings is 3. The summed E-state index contributed by atoms with van der Waals surface area (Å²) < 4.78 is 11.8. The second kappa shape index (κ2) is 24.5. The summed E-state index contributed by atoms with van der Waals surface area (Å²) in [4.78, 5) is 46.4. The van der Waals surface area contributed by atoms with Crippen molar-refractivity contribution in [2.24, 2.45) is 11.8 Å². The molecule has 332 valence electrons. The molecular formula is C50H65N5O6S. The molecule has 6 fully saturated rings.